The molecule has 1 heterocycles. The maximum absolute atomic E-state index is 12.8. The van der Waals surface area contributed by atoms with Crippen molar-refractivity contribution in [3.8, 4) is 0 Å². The molecule has 0 radical (unpaired) electrons. The highest BCUT2D eigenvalue weighted by atomic mass is 16.3. The van der Waals surface area contributed by atoms with Crippen LogP contribution in [0.1, 0.15) is 47.0 Å². The molecule has 4 unspecified atom stereocenters. The zero-order chi connectivity index (χ0) is 18.6. The molecule has 1 amide bonds. The van der Waals surface area contributed by atoms with Gasteiger partial charge in [-0.2, -0.15) is 0 Å². The lowest BCUT2D eigenvalue weighted by molar-refractivity contribution is -0.124. The van der Waals surface area contributed by atoms with Gasteiger partial charge in [-0.25, -0.2) is 4.98 Å². The highest BCUT2D eigenvalue weighted by Gasteiger charge is 2.50. The molecule has 1 aliphatic rings. The molecule has 1 aromatic heterocycles. The Bertz CT molecular complexity index is 564. The Morgan fingerprint density at radius 3 is 2.68 bits per heavy atom. The second-order valence-corrected chi connectivity index (χ2v) is 7.85. The second kappa shape index (κ2) is 8.15. The lowest BCUT2D eigenvalue weighted by atomic mass is 9.94. The van der Waals surface area contributed by atoms with Crippen LogP contribution in [0.5, 0.6) is 0 Å². The van der Waals surface area contributed by atoms with E-state index < -0.39 is 18.3 Å². The topological polar surface area (TPSA) is 100 Å². The predicted molar refractivity (Wildman–Crippen MR) is 99.7 cm³/mol. The average molecular weight is 348 g/mol. The molecular weight excluding hydrogens is 316 g/mol. The van der Waals surface area contributed by atoms with Crippen LogP contribution in [-0.4, -0.2) is 34.3 Å². The van der Waals surface area contributed by atoms with E-state index in [0.29, 0.717) is 18.2 Å². The van der Waals surface area contributed by atoms with Gasteiger partial charge in [-0.15, -0.1) is 0 Å². The Balaban J connectivity index is 2.02. The van der Waals surface area contributed by atoms with Crippen LogP contribution in [0.15, 0.2) is 24.4 Å². The fourth-order valence-electron chi connectivity index (χ4n) is 3.57. The molecule has 0 aromatic carbocycles. The minimum absolute atomic E-state index is 0.0671. The fourth-order valence-corrected chi connectivity index (χ4v) is 3.57. The largest absolute Gasteiger partial charge is 0.377 e. The molecule has 1 aromatic rings. The SMILES string of the molecule is CC[C@@H]1CC1(C)CC(NC(=O)C(Nc1ccccn1)C(C)C)C(N)O. The van der Waals surface area contributed by atoms with Crippen molar-refractivity contribution in [2.24, 2.45) is 23.0 Å². The van der Waals surface area contributed by atoms with Crippen molar-refractivity contribution in [1.29, 1.82) is 0 Å². The first-order valence-electron chi connectivity index (χ1n) is 9.18. The average Bonchev–Trinajstić information content (AvgIpc) is 3.22. The van der Waals surface area contributed by atoms with E-state index in [1.165, 1.54) is 0 Å². The summed E-state index contributed by atoms with van der Waals surface area (Å²) < 4.78 is 0. The van der Waals surface area contributed by atoms with Gasteiger partial charge in [0.25, 0.3) is 0 Å². The molecular formula is C19H32N4O2. The zero-order valence-corrected chi connectivity index (χ0v) is 15.7. The van der Waals surface area contributed by atoms with Crippen LogP contribution >= 0.6 is 0 Å². The normalized spacial score (nSPS) is 26.0. The van der Waals surface area contributed by atoms with Crippen LogP contribution in [0.2, 0.25) is 0 Å². The third kappa shape index (κ3) is 5.16. The molecule has 5 N–H and O–H groups in total. The van der Waals surface area contributed by atoms with Crippen molar-refractivity contribution in [1.82, 2.24) is 10.3 Å². The first kappa shape index (κ1) is 19.7. The van der Waals surface area contributed by atoms with Gasteiger partial charge in [-0.05, 0) is 42.2 Å². The van der Waals surface area contributed by atoms with E-state index in [-0.39, 0.29) is 17.2 Å². The van der Waals surface area contributed by atoms with Crippen molar-refractivity contribution in [2.75, 3.05) is 5.32 Å². The molecule has 25 heavy (non-hydrogen) atoms. The number of nitrogens with zero attached hydrogens (tertiary/aromatic N) is 1. The molecule has 2 rings (SSSR count). The van der Waals surface area contributed by atoms with Gasteiger partial charge < -0.3 is 21.5 Å². The molecule has 0 spiro atoms. The number of anilines is 1. The quantitative estimate of drug-likeness (QED) is 0.512. The number of nitrogens with two attached hydrogens (primary N) is 1. The minimum atomic E-state index is -1.07. The monoisotopic (exact) mass is 348 g/mol. The van der Waals surface area contributed by atoms with Gasteiger partial charge in [0.05, 0.1) is 6.04 Å². The number of nitrogens with one attached hydrogen (secondary N) is 2. The van der Waals surface area contributed by atoms with E-state index in [2.05, 4.69) is 29.5 Å². The van der Waals surface area contributed by atoms with E-state index in [1.54, 1.807) is 6.20 Å². The van der Waals surface area contributed by atoms with Crippen molar-refractivity contribution >= 4 is 11.7 Å². The molecule has 140 valence electrons. The minimum Gasteiger partial charge on any atom is -0.377 e. The number of aromatic nitrogens is 1. The third-order valence-electron chi connectivity index (χ3n) is 5.37. The van der Waals surface area contributed by atoms with Crippen LogP contribution in [-0.2, 0) is 4.79 Å². The second-order valence-electron chi connectivity index (χ2n) is 7.85. The van der Waals surface area contributed by atoms with Crippen LogP contribution in [0.4, 0.5) is 5.82 Å². The molecule has 5 atom stereocenters. The molecule has 1 saturated carbocycles. The molecule has 0 saturated heterocycles. The predicted octanol–water partition coefficient (Wildman–Crippen LogP) is 2.11. The molecule has 0 aliphatic heterocycles. The Labute approximate surface area is 150 Å². The smallest absolute Gasteiger partial charge is 0.243 e. The van der Waals surface area contributed by atoms with Crippen LogP contribution in [0.3, 0.4) is 0 Å². The van der Waals surface area contributed by atoms with Gasteiger partial charge >= 0.3 is 0 Å². The number of carbonyl (C=O) groups is 1. The molecule has 6 nitrogen and oxygen atoms in total. The number of pyridine rings is 1. The van der Waals surface area contributed by atoms with Crippen LogP contribution in [0.25, 0.3) is 0 Å². The summed E-state index contributed by atoms with van der Waals surface area (Å²) in [5.74, 6) is 1.21. The Hall–Kier alpha value is -1.66. The number of hydrogen-bond donors (Lipinski definition) is 4. The van der Waals surface area contributed by atoms with Crippen LogP contribution in [0, 0.1) is 17.3 Å². The lowest BCUT2D eigenvalue weighted by Crippen LogP contribution is -2.53. The van der Waals surface area contributed by atoms with Crippen LogP contribution < -0.4 is 16.4 Å². The molecule has 6 heteroatoms. The van der Waals surface area contributed by atoms with Gasteiger partial charge in [-0.3, -0.25) is 4.79 Å². The first-order chi connectivity index (χ1) is 11.8. The Morgan fingerprint density at radius 1 is 1.48 bits per heavy atom. The molecule has 1 aliphatic carbocycles. The van der Waals surface area contributed by atoms with Crippen molar-refractivity contribution in [3.63, 3.8) is 0 Å². The molecule has 0 bridgehead atoms. The number of carbonyl (C=O) groups excluding carboxylic acids is 1. The summed E-state index contributed by atoms with van der Waals surface area (Å²) in [5, 5.41) is 16.1. The summed E-state index contributed by atoms with van der Waals surface area (Å²) in [5.41, 5.74) is 5.91. The Kier molecular flexibility index (Phi) is 6.41. The number of rotatable bonds is 9. The first-order valence-corrected chi connectivity index (χ1v) is 9.18. The Morgan fingerprint density at radius 2 is 2.20 bits per heavy atom. The maximum Gasteiger partial charge on any atom is 0.243 e. The molecule has 1 fully saturated rings. The van der Waals surface area contributed by atoms with Crippen molar-refractivity contribution < 1.29 is 9.90 Å². The number of hydrogen-bond acceptors (Lipinski definition) is 5. The summed E-state index contributed by atoms with van der Waals surface area (Å²) in [7, 11) is 0. The van der Waals surface area contributed by atoms with E-state index in [4.69, 9.17) is 5.73 Å². The highest BCUT2D eigenvalue weighted by Crippen LogP contribution is 2.57. The highest BCUT2D eigenvalue weighted by molar-refractivity contribution is 5.85. The number of amides is 1. The van der Waals surface area contributed by atoms with Gasteiger partial charge in [0, 0.05) is 6.20 Å². The van der Waals surface area contributed by atoms with Gasteiger partial charge in [-0.1, -0.05) is 40.2 Å². The van der Waals surface area contributed by atoms with E-state index in [1.807, 2.05) is 32.0 Å². The van der Waals surface area contributed by atoms with E-state index in [0.717, 1.165) is 12.8 Å². The van der Waals surface area contributed by atoms with Crippen molar-refractivity contribution in [2.45, 2.75) is 65.3 Å². The number of aliphatic hydroxyl groups is 1. The van der Waals surface area contributed by atoms with Gasteiger partial charge in [0.1, 0.15) is 18.1 Å². The maximum atomic E-state index is 12.8. The van der Waals surface area contributed by atoms with E-state index >= 15 is 0 Å². The summed E-state index contributed by atoms with van der Waals surface area (Å²) >= 11 is 0. The zero-order valence-electron chi connectivity index (χ0n) is 15.7. The lowest BCUT2D eigenvalue weighted by Gasteiger charge is -2.29. The van der Waals surface area contributed by atoms with Gasteiger partial charge in [0.15, 0.2) is 0 Å². The standard InChI is InChI=1S/C19H32N4O2/c1-5-13-10-19(13,4)11-14(17(20)24)22-18(25)16(12(2)3)23-15-8-6-7-9-21-15/h6-9,12-14,16-17,24H,5,10-11,20H2,1-4H3,(H,21,23)(H,22,25)/t13-,14?,16?,17?,19?/m1/s1. The third-order valence-corrected chi connectivity index (χ3v) is 5.37. The number of aliphatic hydroxyl groups excluding tert-OH is 1. The van der Waals surface area contributed by atoms with Crippen molar-refractivity contribution in [3.05, 3.63) is 24.4 Å². The summed E-state index contributed by atoms with van der Waals surface area (Å²) in [4.78, 5) is 17.0. The summed E-state index contributed by atoms with van der Waals surface area (Å²) in [6, 6.07) is 4.65. The van der Waals surface area contributed by atoms with Gasteiger partial charge in [0.2, 0.25) is 5.91 Å². The summed E-state index contributed by atoms with van der Waals surface area (Å²) in [6.45, 7) is 8.33. The van der Waals surface area contributed by atoms with E-state index in [9.17, 15) is 9.90 Å². The fraction of sp³-hybridized carbons (Fsp3) is 0.684. The summed E-state index contributed by atoms with van der Waals surface area (Å²) in [6.07, 6.45) is 3.56.